The fourth-order valence-electron chi connectivity index (χ4n) is 1.64. The smallest absolute Gasteiger partial charge is 0.191 e. The number of ketones is 1. The molecule has 56 valence electrons. The van der Waals surface area contributed by atoms with Crippen molar-refractivity contribution in [2.45, 2.75) is 12.6 Å². The topological polar surface area (TPSA) is 20.1 Å². The lowest BCUT2D eigenvalue weighted by molar-refractivity contribution is 0.0967. The third kappa shape index (κ3) is 0.671. The molecule has 0 spiro atoms. The summed E-state index contributed by atoms with van der Waals surface area (Å²) in [5.74, 6) is 0.348. The van der Waals surface area contributed by atoms with Gasteiger partial charge < -0.3 is 0 Å². The van der Waals surface area contributed by atoms with Crippen LogP contribution in [0.1, 0.15) is 15.2 Å². The van der Waals surface area contributed by atoms with Crippen molar-refractivity contribution in [1.82, 2.24) is 4.90 Å². The van der Waals surface area contributed by atoms with Crippen LogP contribution in [0.15, 0.2) is 11.4 Å². The molecule has 3 rings (SSSR count). The lowest BCUT2D eigenvalue weighted by Crippen LogP contribution is -2.19. The molecule has 2 nitrogen and oxygen atoms in total. The van der Waals surface area contributed by atoms with Crippen LogP contribution in [0.5, 0.6) is 0 Å². The molecule has 0 bridgehead atoms. The molecule has 1 saturated heterocycles. The molecular formula is C8H7NOS. The maximum atomic E-state index is 11.5. The van der Waals surface area contributed by atoms with Gasteiger partial charge in [-0.05, 0) is 17.0 Å². The van der Waals surface area contributed by atoms with Crippen LogP contribution in [0, 0.1) is 0 Å². The summed E-state index contributed by atoms with van der Waals surface area (Å²) in [6.45, 7) is 1.98. The average molecular weight is 165 g/mol. The molecule has 0 radical (unpaired) electrons. The van der Waals surface area contributed by atoms with E-state index in [0.717, 1.165) is 18.0 Å². The summed E-state index contributed by atoms with van der Waals surface area (Å²) in [6.07, 6.45) is 0. The van der Waals surface area contributed by atoms with Crippen molar-refractivity contribution in [2.75, 3.05) is 6.54 Å². The predicted molar refractivity (Wildman–Crippen MR) is 42.8 cm³/mol. The Bertz CT molecular complexity index is 331. The Morgan fingerprint density at radius 1 is 1.64 bits per heavy atom. The SMILES string of the molecule is O=C1c2sccc2CN2CC12. The van der Waals surface area contributed by atoms with E-state index in [0.29, 0.717) is 5.78 Å². The fraction of sp³-hybridized carbons (Fsp3) is 0.375. The second-order valence-electron chi connectivity index (χ2n) is 3.08. The van der Waals surface area contributed by atoms with E-state index in [-0.39, 0.29) is 6.04 Å². The van der Waals surface area contributed by atoms with Gasteiger partial charge in [0.2, 0.25) is 0 Å². The third-order valence-electron chi connectivity index (χ3n) is 2.36. The van der Waals surface area contributed by atoms with Crippen molar-refractivity contribution < 1.29 is 4.79 Å². The zero-order valence-electron chi connectivity index (χ0n) is 5.91. The number of nitrogens with zero attached hydrogens (tertiary/aromatic N) is 1. The quantitative estimate of drug-likeness (QED) is 0.537. The van der Waals surface area contributed by atoms with Gasteiger partial charge in [0.25, 0.3) is 0 Å². The van der Waals surface area contributed by atoms with E-state index >= 15 is 0 Å². The van der Waals surface area contributed by atoms with Crippen molar-refractivity contribution >= 4 is 17.1 Å². The summed E-state index contributed by atoms with van der Waals surface area (Å²) in [6, 6.07) is 2.31. The van der Waals surface area contributed by atoms with Gasteiger partial charge in [-0.3, -0.25) is 9.69 Å². The number of fused-ring (bicyclic) bond motifs is 2. The van der Waals surface area contributed by atoms with Gasteiger partial charge in [0, 0.05) is 13.1 Å². The lowest BCUT2D eigenvalue weighted by atomic mass is 10.1. The third-order valence-corrected chi connectivity index (χ3v) is 3.33. The normalized spacial score (nSPS) is 32.9. The molecule has 2 atom stereocenters. The first-order valence-electron chi connectivity index (χ1n) is 3.71. The van der Waals surface area contributed by atoms with Crippen LogP contribution >= 0.6 is 11.3 Å². The van der Waals surface area contributed by atoms with E-state index in [9.17, 15) is 4.79 Å². The lowest BCUT2D eigenvalue weighted by Gasteiger charge is -2.09. The molecular weight excluding hydrogens is 158 g/mol. The molecule has 0 N–H and O–H groups in total. The first kappa shape index (κ1) is 5.91. The van der Waals surface area contributed by atoms with Crippen LogP contribution in [-0.2, 0) is 6.54 Å². The highest BCUT2D eigenvalue weighted by Gasteiger charge is 2.45. The average Bonchev–Trinajstić information content (AvgIpc) is 2.59. The standard InChI is InChI=1S/C8H7NOS/c10-7-6-4-9(6)3-5-1-2-11-8(5)7/h1-2,6H,3-4H2. The molecule has 2 unspecified atom stereocenters. The summed E-state index contributed by atoms with van der Waals surface area (Å²) < 4.78 is 0. The molecule has 1 fully saturated rings. The summed E-state index contributed by atoms with van der Waals surface area (Å²) in [5, 5.41) is 2.01. The highest BCUT2D eigenvalue weighted by atomic mass is 32.1. The molecule has 2 aliphatic rings. The van der Waals surface area contributed by atoms with E-state index in [4.69, 9.17) is 0 Å². The maximum Gasteiger partial charge on any atom is 0.191 e. The van der Waals surface area contributed by atoms with Gasteiger partial charge in [-0.2, -0.15) is 0 Å². The summed E-state index contributed by atoms with van der Waals surface area (Å²) in [5.41, 5.74) is 1.23. The predicted octanol–water partition coefficient (Wildman–Crippen LogP) is 1.13. The Balaban J connectivity index is 2.17. The zero-order chi connectivity index (χ0) is 7.42. The second-order valence-corrected chi connectivity index (χ2v) is 4.00. The Kier molecular flexibility index (Phi) is 0.932. The van der Waals surface area contributed by atoms with Crippen molar-refractivity contribution in [3.63, 3.8) is 0 Å². The minimum atomic E-state index is 0.251. The van der Waals surface area contributed by atoms with Crippen molar-refractivity contribution in [2.24, 2.45) is 0 Å². The molecule has 0 amide bonds. The summed E-state index contributed by atoms with van der Waals surface area (Å²) in [4.78, 5) is 14.7. The molecule has 3 heterocycles. The van der Waals surface area contributed by atoms with E-state index in [2.05, 4.69) is 11.0 Å². The second kappa shape index (κ2) is 1.73. The Morgan fingerprint density at radius 3 is 3.45 bits per heavy atom. The van der Waals surface area contributed by atoms with Crippen LogP contribution in [-0.4, -0.2) is 23.3 Å². The minimum absolute atomic E-state index is 0.251. The summed E-state index contributed by atoms with van der Waals surface area (Å²) >= 11 is 1.59. The van der Waals surface area contributed by atoms with Gasteiger partial charge in [0.15, 0.2) is 5.78 Å². The van der Waals surface area contributed by atoms with E-state index in [1.165, 1.54) is 5.56 Å². The highest BCUT2D eigenvalue weighted by molar-refractivity contribution is 7.12. The molecule has 11 heavy (non-hydrogen) atoms. The summed E-state index contributed by atoms with van der Waals surface area (Å²) in [7, 11) is 0. The number of hydrogen-bond acceptors (Lipinski definition) is 3. The number of thiophene rings is 1. The maximum absolute atomic E-state index is 11.5. The van der Waals surface area contributed by atoms with E-state index in [1.807, 2.05) is 5.38 Å². The number of rotatable bonds is 0. The number of Topliss-reactive ketones (excluding diaryl/α,β-unsaturated/α-hetero) is 1. The van der Waals surface area contributed by atoms with E-state index in [1.54, 1.807) is 11.3 Å². The number of carbonyl (C=O) groups excluding carboxylic acids is 1. The van der Waals surface area contributed by atoms with Gasteiger partial charge in [-0.25, -0.2) is 0 Å². The molecule has 0 saturated carbocycles. The van der Waals surface area contributed by atoms with Crippen LogP contribution in [0.3, 0.4) is 0 Å². The number of carbonyl (C=O) groups is 1. The van der Waals surface area contributed by atoms with Crippen LogP contribution < -0.4 is 0 Å². The molecule has 1 aromatic rings. The minimum Gasteiger partial charge on any atom is -0.291 e. The number of hydrogen-bond donors (Lipinski definition) is 0. The van der Waals surface area contributed by atoms with Gasteiger partial charge in [-0.15, -0.1) is 11.3 Å². The van der Waals surface area contributed by atoms with Crippen molar-refractivity contribution in [1.29, 1.82) is 0 Å². The highest BCUT2D eigenvalue weighted by Crippen LogP contribution is 2.34. The monoisotopic (exact) mass is 165 g/mol. The van der Waals surface area contributed by atoms with Gasteiger partial charge >= 0.3 is 0 Å². The van der Waals surface area contributed by atoms with Crippen LogP contribution in [0.25, 0.3) is 0 Å². The molecule has 1 aromatic heterocycles. The Labute approximate surface area is 68.4 Å². The Hall–Kier alpha value is -0.670. The van der Waals surface area contributed by atoms with Crippen molar-refractivity contribution in [3.05, 3.63) is 21.9 Å². The van der Waals surface area contributed by atoms with Gasteiger partial charge in [0.1, 0.15) is 0 Å². The largest absolute Gasteiger partial charge is 0.291 e. The van der Waals surface area contributed by atoms with Gasteiger partial charge in [0.05, 0.1) is 10.9 Å². The van der Waals surface area contributed by atoms with Crippen molar-refractivity contribution in [3.8, 4) is 0 Å². The fourth-order valence-corrected chi connectivity index (χ4v) is 2.55. The van der Waals surface area contributed by atoms with Gasteiger partial charge in [-0.1, -0.05) is 0 Å². The first-order chi connectivity index (χ1) is 5.36. The molecule has 3 heteroatoms. The first-order valence-corrected chi connectivity index (χ1v) is 4.59. The molecule has 0 aliphatic carbocycles. The van der Waals surface area contributed by atoms with Crippen LogP contribution in [0.4, 0.5) is 0 Å². The van der Waals surface area contributed by atoms with Crippen LogP contribution in [0.2, 0.25) is 0 Å². The molecule has 2 aliphatic heterocycles. The zero-order valence-corrected chi connectivity index (χ0v) is 6.73. The van der Waals surface area contributed by atoms with E-state index < -0.39 is 0 Å². The Morgan fingerprint density at radius 2 is 2.55 bits per heavy atom. The molecule has 0 aromatic carbocycles.